The smallest absolute Gasteiger partial charge is 0.319 e. The normalized spacial score (nSPS) is 10.1. The van der Waals surface area contributed by atoms with Gasteiger partial charge in [0.25, 0.3) is 0 Å². The van der Waals surface area contributed by atoms with E-state index >= 15 is 0 Å². The molecular formula is C16H18N2O4. The molecule has 2 aromatic carbocycles. The third-order valence-electron chi connectivity index (χ3n) is 3.16. The summed E-state index contributed by atoms with van der Waals surface area (Å²) in [5.41, 5.74) is 2.03. The van der Waals surface area contributed by atoms with E-state index in [-0.39, 0.29) is 18.0 Å². The molecule has 0 spiro atoms. The number of phenolic OH excluding ortho intramolecular Hbond substituents is 2. The highest BCUT2D eigenvalue weighted by Crippen LogP contribution is 2.26. The van der Waals surface area contributed by atoms with Crippen molar-refractivity contribution in [1.29, 1.82) is 0 Å². The second-order valence-electron chi connectivity index (χ2n) is 4.82. The second-order valence-corrected chi connectivity index (χ2v) is 4.82. The lowest BCUT2D eigenvalue weighted by Crippen LogP contribution is -2.28. The molecule has 0 aromatic heterocycles. The van der Waals surface area contributed by atoms with Crippen LogP contribution in [0.2, 0.25) is 0 Å². The fourth-order valence-corrected chi connectivity index (χ4v) is 1.88. The number of rotatable bonds is 4. The molecule has 4 N–H and O–H groups in total. The van der Waals surface area contributed by atoms with Crippen LogP contribution < -0.4 is 15.4 Å². The Morgan fingerprint density at radius 3 is 2.59 bits per heavy atom. The minimum atomic E-state index is -0.393. The Bertz CT molecular complexity index is 686. The first-order valence-electron chi connectivity index (χ1n) is 6.70. The van der Waals surface area contributed by atoms with Gasteiger partial charge < -0.3 is 25.6 Å². The van der Waals surface area contributed by atoms with Gasteiger partial charge in [0, 0.05) is 18.3 Å². The summed E-state index contributed by atoms with van der Waals surface area (Å²) in [4.78, 5) is 11.8. The zero-order chi connectivity index (χ0) is 16.1. The summed E-state index contributed by atoms with van der Waals surface area (Å²) in [6.07, 6.45) is 0. The molecule has 0 atom stereocenters. The minimum Gasteiger partial charge on any atom is -0.508 e. The van der Waals surface area contributed by atoms with Crippen LogP contribution in [0.15, 0.2) is 36.4 Å². The summed E-state index contributed by atoms with van der Waals surface area (Å²) in [6, 6.07) is 9.36. The van der Waals surface area contributed by atoms with E-state index in [4.69, 9.17) is 4.74 Å². The Morgan fingerprint density at radius 2 is 1.91 bits per heavy atom. The van der Waals surface area contributed by atoms with E-state index in [0.717, 1.165) is 11.1 Å². The minimum absolute atomic E-state index is 0.0471. The molecule has 6 heteroatoms. The van der Waals surface area contributed by atoms with Gasteiger partial charge in [0.1, 0.15) is 5.75 Å². The number of nitrogens with one attached hydrogen (secondary N) is 2. The first kappa shape index (κ1) is 15.5. The van der Waals surface area contributed by atoms with E-state index in [1.54, 1.807) is 31.2 Å². The second kappa shape index (κ2) is 6.71. The van der Waals surface area contributed by atoms with Gasteiger partial charge in [-0.25, -0.2) is 4.79 Å². The van der Waals surface area contributed by atoms with E-state index in [1.807, 2.05) is 0 Å². The fourth-order valence-electron chi connectivity index (χ4n) is 1.88. The molecule has 0 aliphatic carbocycles. The molecular weight excluding hydrogens is 284 g/mol. The Balaban J connectivity index is 1.93. The topological polar surface area (TPSA) is 90.8 Å². The maximum atomic E-state index is 11.8. The van der Waals surface area contributed by atoms with Gasteiger partial charge in [0.05, 0.1) is 7.11 Å². The van der Waals surface area contributed by atoms with E-state index in [0.29, 0.717) is 11.4 Å². The summed E-state index contributed by atoms with van der Waals surface area (Å²) in [6.45, 7) is 2.05. The number of aryl methyl sites for hydroxylation is 1. The SMILES string of the molecule is COc1cc(CNC(=O)Nc2ccc(C)c(O)c2)ccc1O. The zero-order valence-electron chi connectivity index (χ0n) is 12.4. The molecule has 22 heavy (non-hydrogen) atoms. The predicted octanol–water partition coefficient (Wildman–Crippen LogP) is 2.74. The number of ether oxygens (including phenoxy) is 1. The molecule has 0 radical (unpaired) electrons. The lowest BCUT2D eigenvalue weighted by molar-refractivity contribution is 0.251. The predicted molar refractivity (Wildman–Crippen MR) is 83.4 cm³/mol. The molecule has 2 aromatic rings. The van der Waals surface area contributed by atoms with Crippen molar-refractivity contribution in [2.45, 2.75) is 13.5 Å². The number of methoxy groups -OCH3 is 1. The number of amides is 2. The third-order valence-corrected chi connectivity index (χ3v) is 3.16. The molecule has 0 bridgehead atoms. The number of anilines is 1. The van der Waals surface area contributed by atoms with Crippen molar-refractivity contribution in [2.24, 2.45) is 0 Å². The number of hydrogen-bond donors (Lipinski definition) is 4. The zero-order valence-corrected chi connectivity index (χ0v) is 12.4. The standard InChI is InChI=1S/C16H18N2O4/c1-10-3-5-12(8-14(10)20)18-16(21)17-9-11-4-6-13(19)15(7-11)22-2/h3-8,19-20H,9H2,1-2H3,(H2,17,18,21). The van der Waals surface area contributed by atoms with Crippen LogP contribution in [0, 0.1) is 6.92 Å². The van der Waals surface area contributed by atoms with Gasteiger partial charge in [-0.2, -0.15) is 0 Å². The molecule has 0 saturated carbocycles. The first-order chi connectivity index (χ1) is 10.5. The maximum Gasteiger partial charge on any atom is 0.319 e. The highest BCUT2D eigenvalue weighted by Gasteiger charge is 2.06. The van der Waals surface area contributed by atoms with E-state index in [9.17, 15) is 15.0 Å². The molecule has 0 fully saturated rings. The van der Waals surface area contributed by atoms with Crippen LogP contribution in [0.3, 0.4) is 0 Å². The highest BCUT2D eigenvalue weighted by molar-refractivity contribution is 5.89. The molecule has 0 unspecified atom stereocenters. The first-order valence-corrected chi connectivity index (χ1v) is 6.70. The van der Waals surface area contributed by atoms with Crippen LogP contribution in [-0.2, 0) is 6.54 Å². The summed E-state index contributed by atoms with van der Waals surface area (Å²) >= 11 is 0. The van der Waals surface area contributed by atoms with Crippen molar-refractivity contribution in [3.63, 3.8) is 0 Å². The molecule has 2 rings (SSSR count). The van der Waals surface area contributed by atoms with Gasteiger partial charge in [-0.15, -0.1) is 0 Å². The van der Waals surface area contributed by atoms with Crippen LogP contribution in [0.5, 0.6) is 17.2 Å². The number of carbonyl (C=O) groups excluding carboxylic acids is 1. The monoisotopic (exact) mass is 302 g/mol. The number of carbonyl (C=O) groups is 1. The Kier molecular flexibility index (Phi) is 4.73. The molecule has 0 aliphatic heterocycles. The molecule has 116 valence electrons. The van der Waals surface area contributed by atoms with Crippen molar-refractivity contribution in [1.82, 2.24) is 5.32 Å². The largest absolute Gasteiger partial charge is 0.508 e. The van der Waals surface area contributed by atoms with Crippen molar-refractivity contribution >= 4 is 11.7 Å². The number of phenols is 2. The average Bonchev–Trinajstić information content (AvgIpc) is 2.50. The molecule has 0 heterocycles. The van der Waals surface area contributed by atoms with Crippen LogP contribution in [0.25, 0.3) is 0 Å². The van der Waals surface area contributed by atoms with Crippen molar-refractivity contribution in [3.05, 3.63) is 47.5 Å². The average molecular weight is 302 g/mol. The Morgan fingerprint density at radius 1 is 1.14 bits per heavy atom. The van der Waals surface area contributed by atoms with E-state index in [1.165, 1.54) is 19.2 Å². The highest BCUT2D eigenvalue weighted by atomic mass is 16.5. The van der Waals surface area contributed by atoms with Gasteiger partial charge in [-0.05, 0) is 36.2 Å². The van der Waals surface area contributed by atoms with Gasteiger partial charge in [0.2, 0.25) is 0 Å². The fraction of sp³-hybridized carbons (Fsp3) is 0.188. The van der Waals surface area contributed by atoms with Crippen LogP contribution >= 0.6 is 0 Å². The third kappa shape index (κ3) is 3.82. The van der Waals surface area contributed by atoms with E-state index < -0.39 is 6.03 Å². The number of benzene rings is 2. The summed E-state index contributed by atoms with van der Waals surface area (Å²) in [5, 5.41) is 24.4. The maximum absolute atomic E-state index is 11.8. The van der Waals surface area contributed by atoms with Crippen LogP contribution in [-0.4, -0.2) is 23.4 Å². The van der Waals surface area contributed by atoms with Gasteiger partial charge in [-0.1, -0.05) is 12.1 Å². The molecule has 0 aliphatic rings. The van der Waals surface area contributed by atoms with Gasteiger partial charge in [0.15, 0.2) is 11.5 Å². The quantitative estimate of drug-likeness (QED) is 0.699. The van der Waals surface area contributed by atoms with Crippen molar-refractivity contribution in [2.75, 3.05) is 12.4 Å². The van der Waals surface area contributed by atoms with Gasteiger partial charge in [-0.3, -0.25) is 0 Å². The Labute approximate surface area is 128 Å². The molecule has 6 nitrogen and oxygen atoms in total. The van der Waals surface area contributed by atoms with Crippen molar-refractivity contribution in [3.8, 4) is 17.2 Å². The number of hydrogen-bond acceptors (Lipinski definition) is 4. The number of aromatic hydroxyl groups is 2. The van der Waals surface area contributed by atoms with Crippen LogP contribution in [0.4, 0.5) is 10.5 Å². The summed E-state index contributed by atoms with van der Waals surface area (Å²) < 4.78 is 5.01. The lowest BCUT2D eigenvalue weighted by Gasteiger charge is -2.10. The summed E-state index contributed by atoms with van der Waals surface area (Å²) in [7, 11) is 1.46. The van der Waals surface area contributed by atoms with Crippen molar-refractivity contribution < 1.29 is 19.7 Å². The lowest BCUT2D eigenvalue weighted by atomic mass is 10.2. The molecule has 0 saturated heterocycles. The van der Waals surface area contributed by atoms with E-state index in [2.05, 4.69) is 10.6 Å². The summed E-state index contributed by atoms with van der Waals surface area (Å²) in [5.74, 6) is 0.523. The van der Waals surface area contributed by atoms with Crippen LogP contribution in [0.1, 0.15) is 11.1 Å². The molecule has 2 amide bonds. The van der Waals surface area contributed by atoms with Gasteiger partial charge >= 0.3 is 6.03 Å². The Hall–Kier alpha value is -2.89. The number of urea groups is 1.